The minimum Gasteiger partial charge on any atom is -0.394 e. The van der Waals surface area contributed by atoms with Crippen molar-refractivity contribution in [3.8, 4) is 0 Å². The zero-order valence-electron chi connectivity index (χ0n) is 11.5. The fraction of sp³-hybridized carbons (Fsp3) is 1.00. The molecule has 2 N–H and O–H groups in total. The van der Waals surface area contributed by atoms with E-state index in [4.69, 9.17) is 0 Å². The van der Waals surface area contributed by atoms with Crippen molar-refractivity contribution < 1.29 is 5.11 Å². The topological polar surface area (TPSA) is 32.3 Å². The summed E-state index contributed by atoms with van der Waals surface area (Å²) in [5.41, 5.74) is 0.0356. The van der Waals surface area contributed by atoms with Gasteiger partial charge in [0.2, 0.25) is 0 Å². The van der Waals surface area contributed by atoms with Gasteiger partial charge in [0.15, 0.2) is 0 Å². The van der Waals surface area contributed by atoms with Crippen LogP contribution in [0.1, 0.15) is 65.2 Å². The van der Waals surface area contributed by atoms with Crippen molar-refractivity contribution in [1.82, 2.24) is 5.32 Å². The Morgan fingerprint density at radius 3 is 2.35 bits per heavy atom. The first-order valence-corrected chi connectivity index (χ1v) is 7.54. The van der Waals surface area contributed by atoms with Crippen LogP contribution in [-0.4, -0.2) is 23.3 Å². The van der Waals surface area contributed by atoms with Crippen LogP contribution in [0.15, 0.2) is 0 Å². The Balaban J connectivity index is 1.94. The Kier molecular flexibility index (Phi) is 4.48. The van der Waals surface area contributed by atoms with Crippen molar-refractivity contribution in [2.24, 2.45) is 11.8 Å². The number of hydrogen-bond acceptors (Lipinski definition) is 2. The van der Waals surface area contributed by atoms with E-state index in [1.807, 2.05) is 0 Å². The van der Waals surface area contributed by atoms with Gasteiger partial charge in [0.1, 0.15) is 0 Å². The van der Waals surface area contributed by atoms with Gasteiger partial charge in [0.05, 0.1) is 6.61 Å². The molecule has 2 fully saturated rings. The van der Waals surface area contributed by atoms with Gasteiger partial charge in [0.25, 0.3) is 0 Å². The summed E-state index contributed by atoms with van der Waals surface area (Å²) in [6, 6.07) is 0.663. The Bertz CT molecular complexity index is 237. The quantitative estimate of drug-likeness (QED) is 0.793. The van der Waals surface area contributed by atoms with Crippen molar-refractivity contribution in [3.05, 3.63) is 0 Å². The molecule has 3 unspecified atom stereocenters. The summed E-state index contributed by atoms with van der Waals surface area (Å²) in [4.78, 5) is 0. The molecule has 0 radical (unpaired) electrons. The van der Waals surface area contributed by atoms with Crippen molar-refractivity contribution >= 4 is 0 Å². The lowest BCUT2D eigenvalue weighted by Gasteiger charge is -2.45. The molecule has 2 aliphatic rings. The fourth-order valence-electron chi connectivity index (χ4n) is 3.71. The van der Waals surface area contributed by atoms with Crippen LogP contribution < -0.4 is 5.32 Å². The van der Waals surface area contributed by atoms with E-state index in [1.54, 1.807) is 0 Å². The monoisotopic (exact) mass is 239 g/mol. The van der Waals surface area contributed by atoms with Crippen molar-refractivity contribution in [1.29, 1.82) is 0 Å². The van der Waals surface area contributed by atoms with Gasteiger partial charge in [-0.3, -0.25) is 0 Å². The first-order valence-electron chi connectivity index (χ1n) is 7.54. The molecule has 0 aromatic rings. The summed E-state index contributed by atoms with van der Waals surface area (Å²) in [6.07, 6.45) is 10.3. The standard InChI is InChI=1S/C15H29NO/c1-12-8-9-15(11-17,10-13(12)2)16-14-6-4-3-5-7-14/h12-14,16-17H,3-11H2,1-2H3. The average molecular weight is 239 g/mol. The number of nitrogens with one attached hydrogen (secondary N) is 1. The molecule has 0 spiro atoms. The van der Waals surface area contributed by atoms with Crippen LogP contribution >= 0.6 is 0 Å². The predicted octanol–water partition coefficient (Wildman–Crippen LogP) is 3.10. The third-order valence-electron chi connectivity index (χ3n) is 5.18. The Hall–Kier alpha value is -0.0800. The molecule has 0 aromatic carbocycles. The smallest absolute Gasteiger partial charge is 0.0613 e. The van der Waals surface area contributed by atoms with Crippen LogP contribution in [0.4, 0.5) is 0 Å². The highest BCUT2D eigenvalue weighted by molar-refractivity contribution is 4.96. The minimum atomic E-state index is 0.0356. The third kappa shape index (κ3) is 3.23. The highest BCUT2D eigenvalue weighted by Gasteiger charge is 2.38. The van der Waals surface area contributed by atoms with Crippen LogP contribution in [0.25, 0.3) is 0 Å². The normalized spacial score (nSPS) is 40.4. The van der Waals surface area contributed by atoms with Gasteiger partial charge in [-0.25, -0.2) is 0 Å². The van der Waals surface area contributed by atoms with Crippen LogP contribution in [0.3, 0.4) is 0 Å². The van der Waals surface area contributed by atoms with Gasteiger partial charge in [-0.2, -0.15) is 0 Å². The van der Waals surface area contributed by atoms with Crippen molar-refractivity contribution in [3.63, 3.8) is 0 Å². The molecular formula is C15H29NO. The number of hydrogen-bond donors (Lipinski definition) is 2. The summed E-state index contributed by atoms with van der Waals surface area (Å²) in [5, 5.41) is 13.6. The lowest BCUT2D eigenvalue weighted by molar-refractivity contribution is 0.0617. The maximum atomic E-state index is 9.81. The molecule has 0 bridgehead atoms. The van der Waals surface area contributed by atoms with Crippen molar-refractivity contribution in [2.45, 2.75) is 76.8 Å². The fourth-order valence-corrected chi connectivity index (χ4v) is 3.71. The van der Waals surface area contributed by atoms with Gasteiger partial charge >= 0.3 is 0 Å². The lowest BCUT2D eigenvalue weighted by Crippen LogP contribution is -2.56. The summed E-state index contributed by atoms with van der Waals surface area (Å²) in [6.45, 7) is 5.02. The van der Waals surface area contributed by atoms with E-state index in [9.17, 15) is 5.11 Å². The number of aliphatic hydroxyl groups excluding tert-OH is 1. The lowest BCUT2D eigenvalue weighted by atomic mass is 9.71. The molecular weight excluding hydrogens is 210 g/mol. The van der Waals surface area contributed by atoms with Gasteiger partial charge in [-0.15, -0.1) is 0 Å². The second-order valence-corrected chi connectivity index (χ2v) is 6.62. The molecule has 2 rings (SSSR count). The van der Waals surface area contributed by atoms with E-state index < -0.39 is 0 Å². The molecule has 2 saturated carbocycles. The molecule has 0 aromatic heterocycles. The van der Waals surface area contributed by atoms with Gasteiger partial charge in [0, 0.05) is 11.6 Å². The van der Waals surface area contributed by atoms with E-state index >= 15 is 0 Å². The summed E-state index contributed by atoms with van der Waals surface area (Å²) in [5.74, 6) is 1.56. The van der Waals surface area contributed by atoms with Crippen LogP contribution in [-0.2, 0) is 0 Å². The molecule has 2 nitrogen and oxygen atoms in total. The molecule has 3 atom stereocenters. The summed E-state index contributed by atoms with van der Waals surface area (Å²) in [7, 11) is 0. The number of rotatable bonds is 3. The molecule has 0 saturated heterocycles. The summed E-state index contributed by atoms with van der Waals surface area (Å²) < 4.78 is 0. The van der Waals surface area contributed by atoms with E-state index in [2.05, 4.69) is 19.2 Å². The van der Waals surface area contributed by atoms with Gasteiger partial charge in [-0.05, 0) is 43.9 Å². The SMILES string of the molecule is CC1CCC(CO)(NC2CCCCC2)CC1C. The Morgan fingerprint density at radius 1 is 1.06 bits per heavy atom. The van der Waals surface area contributed by atoms with Crippen molar-refractivity contribution in [2.75, 3.05) is 6.61 Å². The van der Waals surface area contributed by atoms with Gasteiger partial charge in [-0.1, -0.05) is 33.1 Å². The molecule has 0 heterocycles. The molecule has 0 amide bonds. The van der Waals surface area contributed by atoms with E-state index in [-0.39, 0.29) is 5.54 Å². The van der Waals surface area contributed by atoms with E-state index in [0.717, 1.165) is 24.7 Å². The van der Waals surface area contributed by atoms with Crippen LogP contribution in [0, 0.1) is 11.8 Å². The van der Waals surface area contributed by atoms with Gasteiger partial charge < -0.3 is 10.4 Å². The zero-order valence-corrected chi connectivity index (χ0v) is 11.5. The van der Waals surface area contributed by atoms with E-state index in [1.165, 1.54) is 38.5 Å². The highest BCUT2D eigenvalue weighted by Crippen LogP contribution is 2.37. The Morgan fingerprint density at radius 2 is 1.76 bits per heavy atom. The second-order valence-electron chi connectivity index (χ2n) is 6.62. The summed E-state index contributed by atoms with van der Waals surface area (Å²) >= 11 is 0. The Labute approximate surface area is 106 Å². The third-order valence-corrected chi connectivity index (χ3v) is 5.18. The largest absolute Gasteiger partial charge is 0.394 e. The minimum absolute atomic E-state index is 0.0356. The predicted molar refractivity (Wildman–Crippen MR) is 72.0 cm³/mol. The first kappa shape index (κ1) is 13.4. The zero-order chi connectivity index (χ0) is 12.3. The number of aliphatic hydroxyl groups is 1. The average Bonchev–Trinajstić information content (AvgIpc) is 2.35. The maximum Gasteiger partial charge on any atom is 0.0613 e. The molecule has 100 valence electrons. The highest BCUT2D eigenvalue weighted by atomic mass is 16.3. The van der Waals surface area contributed by atoms with Crippen LogP contribution in [0.2, 0.25) is 0 Å². The maximum absolute atomic E-state index is 9.81. The molecule has 17 heavy (non-hydrogen) atoms. The van der Waals surface area contributed by atoms with E-state index in [0.29, 0.717) is 12.6 Å². The molecule has 0 aliphatic heterocycles. The second kappa shape index (κ2) is 5.71. The molecule has 2 aliphatic carbocycles. The first-order chi connectivity index (χ1) is 8.15. The molecule has 2 heteroatoms. The van der Waals surface area contributed by atoms with Crippen LogP contribution in [0.5, 0.6) is 0 Å².